The van der Waals surface area contributed by atoms with Crippen molar-refractivity contribution >= 4 is 65.0 Å². The lowest BCUT2D eigenvalue weighted by atomic mass is 9.91. The molecule has 0 aliphatic carbocycles. The SMILES string of the molecule is CC=CC[C@@H](C)[C@@H](O)[C@H]1C(=O)N[C@@H](CC)C(=O)N(C)CC(=O)N(C)[C@@H]([C@@H](C)OCC=CCO)C(=O)N[C@@H](C(C)C)C(=O)N(C)[C@@H](CC(C)C)C(=O)N[C@@H](C)C(=O)N[C@H](C)C(=O)N(C)[C@@H](CC(C)C)C(=O)N(C)[C@@H](CC(C)C)C(=O)N(C)[C@H](C(C)C)C(=O)N1C. The summed E-state index contributed by atoms with van der Waals surface area (Å²) in [6.45, 7) is 26.4. The molecule has 0 unspecified atom stereocenters. The van der Waals surface area contributed by atoms with E-state index < -0.39 is 162 Å². The van der Waals surface area contributed by atoms with Gasteiger partial charge in [0.25, 0.3) is 0 Å². The maximum Gasteiger partial charge on any atom is 0.246 e. The maximum absolute atomic E-state index is 15.2. The molecule has 1 fully saturated rings. The van der Waals surface area contributed by atoms with Gasteiger partial charge in [-0.3, -0.25) is 52.7 Å². The van der Waals surface area contributed by atoms with E-state index in [0.717, 1.165) is 14.7 Å². The number of ether oxygens (including phenoxy) is 1. The maximum atomic E-state index is 15.2. The van der Waals surface area contributed by atoms with E-state index in [1.165, 1.54) is 102 Å². The van der Waals surface area contributed by atoms with Crippen molar-refractivity contribution in [3.8, 4) is 0 Å². The lowest BCUT2D eigenvalue weighted by Crippen LogP contribution is -2.63. The Morgan fingerprint density at radius 2 is 0.978 bits per heavy atom. The van der Waals surface area contributed by atoms with Crippen molar-refractivity contribution in [3.63, 3.8) is 0 Å². The smallest absolute Gasteiger partial charge is 0.246 e. The second-order valence-corrected chi connectivity index (χ2v) is 26.1. The summed E-state index contributed by atoms with van der Waals surface area (Å²) in [5.41, 5.74) is 0. The molecule has 13 atom stereocenters. The largest absolute Gasteiger partial charge is 0.392 e. The Balaban J connectivity index is 4.39. The van der Waals surface area contributed by atoms with Crippen molar-refractivity contribution in [2.75, 3.05) is 69.1 Å². The van der Waals surface area contributed by atoms with Crippen LogP contribution in [0, 0.1) is 35.5 Å². The van der Waals surface area contributed by atoms with Crippen molar-refractivity contribution in [2.24, 2.45) is 35.5 Å². The first-order chi connectivity index (χ1) is 41.3. The van der Waals surface area contributed by atoms with Gasteiger partial charge in [0.05, 0.1) is 32.0 Å². The minimum Gasteiger partial charge on any atom is -0.392 e. The number of amides is 11. The molecule has 25 heteroatoms. The average molecular weight is 1260 g/mol. The van der Waals surface area contributed by atoms with Gasteiger partial charge >= 0.3 is 0 Å². The van der Waals surface area contributed by atoms with Gasteiger partial charge in [-0.15, -0.1) is 0 Å². The summed E-state index contributed by atoms with van der Waals surface area (Å²) in [6.07, 6.45) is 4.55. The fourth-order valence-corrected chi connectivity index (χ4v) is 10.9. The molecule has 1 rings (SSSR count). The van der Waals surface area contributed by atoms with Crippen LogP contribution < -0.4 is 21.3 Å². The number of carbonyl (C=O) groups is 11. The van der Waals surface area contributed by atoms with Crippen LogP contribution in [-0.2, 0) is 57.5 Å². The van der Waals surface area contributed by atoms with Gasteiger partial charge in [-0.2, -0.15) is 0 Å². The number of allylic oxidation sites excluding steroid dienone is 2. The molecule has 0 aromatic heterocycles. The highest BCUT2D eigenvalue weighted by molar-refractivity contribution is 5.99. The number of carbonyl (C=O) groups excluding carboxylic acids is 11. The predicted molar refractivity (Wildman–Crippen MR) is 341 cm³/mol. The number of hydrogen-bond donors (Lipinski definition) is 6. The van der Waals surface area contributed by atoms with Gasteiger partial charge < -0.3 is 70.5 Å². The molecule has 0 aromatic rings. The van der Waals surface area contributed by atoms with Crippen molar-refractivity contribution in [2.45, 2.75) is 216 Å². The lowest BCUT2D eigenvalue weighted by molar-refractivity contribution is -0.157. The van der Waals surface area contributed by atoms with Gasteiger partial charge in [-0.25, -0.2) is 0 Å². The molecule has 0 aromatic carbocycles. The first-order valence-corrected chi connectivity index (χ1v) is 31.5. The van der Waals surface area contributed by atoms with E-state index in [4.69, 9.17) is 4.74 Å². The molecule has 1 saturated heterocycles. The topological polar surface area (TPSA) is 308 Å². The molecule has 25 nitrogen and oxygen atoms in total. The molecule has 1 heterocycles. The monoisotopic (exact) mass is 1260 g/mol. The first-order valence-electron chi connectivity index (χ1n) is 31.5. The average Bonchev–Trinajstić information content (AvgIpc) is 0.987. The summed E-state index contributed by atoms with van der Waals surface area (Å²) in [7, 11) is 9.69. The Bertz CT molecular complexity index is 2450. The van der Waals surface area contributed by atoms with Gasteiger partial charge in [-0.05, 0) is 95.3 Å². The Kier molecular flexibility index (Phi) is 34.1. The van der Waals surface area contributed by atoms with Crippen molar-refractivity contribution in [1.82, 2.24) is 55.6 Å². The standard InChI is InChI=1S/C64H113N11O14/c1-24-26-29-41(13)54(78)53-58(82)67-45(25-2)60(84)69(17)35-49(77)73(21)52(44(16)89-31-28-27-30-76)57(81)68-50(39(9)10)63(87)70(18)46(32-36(3)4)56(80)65-42(14)55(79)66-43(15)59(83)71(19)47(33-37(5)6)61(85)72(20)48(34-38(7)8)62(86)74(22)51(40(11)12)64(88)75(53)23/h24,26-28,36-48,50-54,76,78H,25,29-35H2,1-23H3,(H,65,80)(H,66,79)(H,67,82)(H,68,81)/t41-,42+,43-,44-,45+,46+,47+,48+,50+,51-,52+,53+,54-/m1/s1. The summed E-state index contributed by atoms with van der Waals surface area (Å²) in [5.74, 6) is -10.4. The molecule has 11 amide bonds. The van der Waals surface area contributed by atoms with Crippen LogP contribution in [0.3, 0.4) is 0 Å². The van der Waals surface area contributed by atoms with Crippen LogP contribution in [-0.4, -0.2) is 251 Å². The highest BCUT2D eigenvalue weighted by Gasteiger charge is 2.46. The van der Waals surface area contributed by atoms with Crippen LogP contribution in [0.15, 0.2) is 24.3 Å². The Hall–Kier alpha value is -6.47. The molecule has 1 aliphatic heterocycles. The molecule has 0 radical (unpaired) electrons. The second-order valence-electron chi connectivity index (χ2n) is 26.1. The summed E-state index contributed by atoms with van der Waals surface area (Å²) < 4.78 is 5.98. The van der Waals surface area contributed by atoms with Crippen molar-refractivity contribution < 1.29 is 67.7 Å². The van der Waals surface area contributed by atoms with Crippen LogP contribution in [0.4, 0.5) is 0 Å². The van der Waals surface area contributed by atoms with E-state index in [1.54, 1.807) is 60.6 Å². The van der Waals surface area contributed by atoms with E-state index in [1.807, 2.05) is 41.5 Å². The summed E-state index contributed by atoms with van der Waals surface area (Å²) in [6, 6.07) is -13.0. The molecule has 89 heavy (non-hydrogen) atoms. The highest BCUT2D eigenvalue weighted by atomic mass is 16.5. The number of aliphatic hydroxyl groups excluding tert-OH is 2. The number of aliphatic hydroxyl groups is 2. The highest BCUT2D eigenvalue weighted by Crippen LogP contribution is 2.26. The minimum atomic E-state index is -1.64. The Morgan fingerprint density at radius 1 is 0.506 bits per heavy atom. The van der Waals surface area contributed by atoms with Crippen LogP contribution in [0.5, 0.6) is 0 Å². The van der Waals surface area contributed by atoms with E-state index in [9.17, 15) is 53.4 Å². The summed E-state index contributed by atoms with van der Waals surface area (Å²) >= 11 is 0. The zero-order valence-corrected chi connectivity index (χ0v) is 57.8. The molecule has 6 N–H and O–H groups in total. The number of rotatable bonds is 18. The molecule has 508 valence electrons. The van der Waals surface area contributed by atoms with Crippen LogP contribution in [0.25, 0.3) is 0 Å². The molecule has 0 saturated carbocycles. The van der Waals surface area contributed by atoms with Crippen LogP contribution in [0.2, 0.25) is 0 Å². The number of nitrogens with zero attached hydrogens (tertiary/aromatic N) is 7. The lowest BCUT2D eigenvalue weighted by Gasteiger charge is -2.41. The molecular formula is C64H113N11O14. The second kappa shape index (κ2) is 37.6. The van der Waals surface area contributed by atoms with Gasteiger partial charge in [-0.1, -0.05) is 107 Å². The zero-order chi connectivity index (χ0) is 68.8. The predicted octanol–water partition coefficient (Wildman–Crippen LogP) is 2.18. The number of hydrogen-bond acceptors (Lipinski definition) is 14. The first kappa shape index (κ1) is 80.5. The molecule has 0 spiro atoms. The van der Waals surface area contributed by atoms with Crippen LogP contribution in [0.1, 0.15) is 143 Å². The summed E-state index contributed by atoms with van der Waals surface area (Å²) in [5, 5.41) is 32.4. The fraction of sp³-hybridized carbons (Fsp3) is 0.766. The van der Waals surface area contributed by atoms with E-state index in [-0.39, 0.29) is 63.1 Å². The zero-order valence-electron chi connectivity index (χ0n) is 57.8. The minimum absolute atomic E-state index is 0.0199. The van der Waals surface area contributed by atoms with Gasteiger partial charge in [0.2, 0.25) is 65.0 Å². The third kappa shape index (κ3) is 23.1. The normalized spacial score (nSPS) is 26.6. The van der Waals surface area contributed by atoms with Gasteiger partial charge in [0.15, 0.2) is 0 Å². The van der Waals surface area contributed by atoms with Crippen LogP contribution >= 0.6 is 0 Å². The molecule has 1 aliphatic rings. The van der Waals surface area contributed by atoms with Crippen molar-refractivity contribution in [3.05, 3.63) is 24.3 Å². The van der Waals surface area contributed by atoms with E-state index in [2.05, 4.69) is 21.3 Å². The molecule has 0 bridgehead atoms. The molecular weight excluding hydrogens is 1150 g/mol. The van der Waals surface area contributed by atoms with Gasteiger partial charge in [0.1, 0.15) is 60.4 Å². The summed E-state index contributed by atoms with van der Waals surface area (Å²) in [4.78, 5) is 169. The van der Waals surface area contributed by atoms with Gasteiger partial charge in [0, 0.05) is 49.3 Å². The third-order valence-electron chi connectivity index (χ3n) is 16.5. The Labute approximate surface area is 530 Å². The van der Waals surface area contributed by atoms with E-state index in [0.29, 0.717) is 0 Å². The third-order valence-corrected chi connectivity index (χ3v) is 16.5. The fourth-order valence-electron chi connectivity index (χ4n) is 10.9. The van der Waals surface area contributed by atoms with Crippen molar-refractivity contribution in [1.29, 1.82) is 0 Å². The number of nitrogens with one attached hydrogen (secondary N) is 4. The number of likely N-dealkylation sites (N-methyl/N-ethyl adjacent to an activating group) is 7. The Morgan fingerprint density at radius 3 is 1.46 bits per heavy atom. The quantitative estimate of drug-likeness (QED) is 0.107. The van der Waals surface area contributed by atoms with E-state index >= 15 is 9.59 Å².